The number of benzene rings is 2. The fourth-order valence-electron chi connectivity index (χ4n) is 11.9. The maximum atomic E-state index is 14.8. The van der Waals surface area contributed by atoms with Crippen molar-refractivity contribution in [3.8, 4) is 0 Å². The molecule has 3 aliphatic rings. The summed E-state index contributed by atoms with van der Waals surface area (Å²) in [5.74, 6) is -6.64. The first-order chi connectivity index (χ1) is 41.8. The number of methoxy groups -OCH3 is 2. The molecule has 2 fully saturated rings. The summed E-state index contributed by atoms with van der Waals surface area (Å²) >= 11 is 0. The number of nitrogens with one attached hydrogen (secondary N) is 4. The molecule has 24 nitrogen and oxygen atoms in total. The number of unbranched alkanes of at least 4 members (excludes halogenated alkanes) is 2. The molecule has 0 spiro atoms. The van der Waals surface area contributed by atoms with Crippen LogP contribution in [0, 0.1) is 23.7 Å². The summed E-state index contributed by atoms with van der Waals surface area (Å²) in [6.45, 7) is 13.3. The van der Waals surface area contributed by atoms with Crippen molar-refractivity contribution in [3.63, 3.8) is 0 Å². The van der Waals surface area contributed by atoms with Crippen LogP contribution in [-0.2, 0) is 75.2 Å². The summed E-state index contributed by atoms with van der Waals surface area (Å²) in [5, 5.41) is 21.1. The number of hydrogen-bond donors (Lipinski definition) is 5. The third kappa shape index (κ3) is 19.4. The number of aliphatic carboxylic acids is 1. The number of rotatable bonds is 33. The predicted octanol–water partition coefficient (Wildman–Crippen LogP) is 4.68. The van der Waals surface area contributed by atoms with Gasteiger partial charge in [0, 0.05) is 78.6 Å². The van der Waals surface area contributed by atoms with Crippen LogP contribution in [0.25, 0.3) is 0 Å². The number of amides is 10. The summed E-state index contributed by atoms with van der Waals surface area (Å²) < 4.78 is 17.6. The molecule has 24 heteroatoms. The fourth-order valence-corrected chi connectivity index (χ4v) is 11.9. The van der Waals surface area contributed by atoms with E-state index in [1.807, 2.05) is 19.9 Å². The summed E-state index contributed by atoms with van der Waals surface area (Å²) in [7, 11) is 6.01. The van der Waals surface area contributed by atoms with Crippen LogP contribution in [0.3, 0.4) is 0 Å². The Morgan fingerprint density at radius 3 is 1.98 bits per heavy atom. The molecule has 88 heavy (non-hydrogen) atoms. The Morgan fingerprint density at radius 1 is 0.727 bits per heavy atom. The minimum atomic E-state index is -1.18. The first kappa shape index (κ1) is 71.0. The van der Waals surface area contributed by atoms with Crippen LogP contribution in [0.4, 0.5) is 10.5 Å². The number of likely N-dealkylation sites (N-methyl/N-ethyl adjacent to an activating group) is 2. The Bertz CT molecular complexity index is 2760. The molecule has 5 rings (SSSR count). The van der Waals surface area contributed by atoms with E-state index < -0.39 is 108 Å². The Morgan fingerprint density at radius 2 is 1.38 bits per heavy atom. The Hall–Kier alpha value is -7.73. The Labute approximate surface area is 517 Å². The number of carbonyl (C=O) groups is 11. The number of imide groups is 1. The molecule has 3 aliphatic heterocycles. The van der Waals surface area contributed by atoms with Crippen molar-refractivity contribution in [2.45, 2.75) is 174 Å². The maximum Gasteiger partial charge on any atom is 0.410 e. The molecule has 0 aliphatic carbocycles. The van der Waals surface area contributed by atoms with Gasteiger partial charge in [-0.25, -0.2) is 9.59 Å². The standard InChI is InChI=1S/C64H93N9O15/c1-12-41(6)57(49(86-10)36-53(77)71-33-19-23-47(71)58(87-11)42(7)59(79)67-46(63(83)84)35-43-21-15-13-16-22-43)69(8)62(82)55(39(2)3)68-61(81)56(40(4)5)70(9)64(85)88-38-44-26-28-45(29-27-44)66-60(80)48-24-20-34-72(48)54(78)37-65-50(74)25-17-14-18-32-73-51(75)30-31-52(73)76/h13,15-16,21-22,26-31,39-42,46-49,55-58H,12,14,17-20,23-25,32-38H2,1-11H3,(H,65,74)(H,66,80)(H,67,79)(H,68,81)(H,83,84)/t41-,42+,46-,47-,48-,49+,55-,56-,57-,58+/m0/s1. The summed E-state index contributed by atoms with van der Waals surface area (Å²) in [5.41, 5.74) is 1.76. The van der Waals surface area contributed by atoms with E-state index in [9.17, 15) is 57.8 Å². The highest BCUT2D eigenvalue weighted by Gasteiger charge is 2.44. The molecule has 2 aromatic carbocycles. The van der Waals surface area contributed by atoms with Crippen molar-refractivity contribution in [2.24, 2.45) is 23.7 Å². The highest BCUT2D eigenvalue weighted by Crippen LogP contribution is 2.30. The lowest BCUT2D eigenvalue weighted by molar-refractivity contribution is -0.148. The molecule has 5 N–H and O–H groups in total. The number of carbonyl (C=O) groups excluding carboxylic acids is 10. The van der Waals surface area contributed by atoms with E-state index in [0.29, 0.717) is 75.7 Å². The summed E-state index contributed by atoms with van der Waals surface area (Å²) in [4.78, 5) is 153. The Kier molecular flexibility index (Phi) is 27.6. The van der Waals surface area contributed by atoms with E-state index in [1.165, 1.54) is 48.1 Å². The lowest BCUT2D eigenvalue weighted by Gasteiger charge is -2.41. The summed E-state index contributed by atoms with van der Waals surface area (Å²) in [6, 6.07) is 10.4. The highest BCUT2D eigenvalue weighted by molar-refractivity contribution is 6.12. The van der Waals surface area contributed by atoms with Crippen LogP contribution in [0.15, 0.2) is 66.7 Å². The predicted molar refractivity (Wildman–Crippen MR) is 326 cm³/mol. The van der Waals surface area contributed by atoms with E-state index in [4.69, 9.17) is 14.2 Å². The second kappa shape index (κ2) is 34.1. The lowest BCUT2D eigenvalue weighted by Crippen LogP contribution is -2.60. The third-order valence-corrected chi connectivity index (χ3v) is 17.1. The van der Waals surface area contributed by atoms with Gasteiger partial charge in [-0.15, -0.1) is 0 Å². The zero-order valence-corrected chi connectivity index (χ0v) is 53.0. The molecule has 0 saturated carbocycles. The molecule has 3 heterocycles. The molecule has 0 unspecified atom stereocenters. The molecule has 10 amide bonds. The monoisotopic (exact) mass is 1230 g/mol. The largest absolute Gasteiger partial charge is 0.480 e. The number of carboxylic acids is 1. The van der Waals surface area contributed by atoms with Crippen molar-refractivity contribution in [1.29, 1.82) is 0 Å². The number of nitrogens with zero attached hydrogens (tertiary/aromatic N) is 5. The molecule has 0 bridgehead atoms. The van der Waals surface area contributed by atoms with Crippen molar-refractivity contribution in [3.05, 3.63) is 77.9 Å². The molecule has 484 valence electrons. The minimum absolute atomic E-state index is 0.0838. The quantitative estimate of drug-likeness (QED) is 0.0479. The van der Waals surface area contributed by atoms with Gasteiger partial charge < -0.3 is 55.3 Å². The van der Waals surface area contributed by atoms with Crippen LogP contribution < -0.4 is 21.3 Å². The fraction of sp³-hybridized carbons (Fsp3) is 0.609. The molecule has 0 aromatic heterocycles. The topological polar surface area (TPSA) is 300 Å². The van der Waals surface area contributed by atoms with Gasteiger partial charge in [0.15, 0.2) is 0 Å². The van der Waals surface area contributed by atoms with Gasteiger partial charge >= 0.3 is 12.1 Å². The summed E-state index contributed by atoms with van der Waals surface area (Å²) in [6.07, 6.45) is 4.71. The molecule has 0 radical (unpaired) electrons. The molecule has 10 atom stereocenters. The van der Waals surface area contributed by atoms with Gasteiger partial charge in [-0.3, -0.25) is 53.0 Å². The molecule has 2 aromatic rings. The van der Waals surface area contributed by atoms with Crippen molar-refractivity contribution in [1.82, 2.24) is 40.4 Å². The van der Waals surface area contributed by atoms with Gasteiger partial charge in [-0.1, -0.05) is 104 Å². The number of likely N-dealkylation sites (tertiary alicyclic amines) is 2. The van der Waals surface area contributed by atoms with Crippen molar-refractivity contribution >= 4 is 70.9 Å². The van der Waals surface area contributed by atoms with Gasteiger partial charge in [0.1, 0.15) is 30.8 Å². The van der Waals surface area contributed by atoms with Gasteiger partial charge in [0.2, 0.25) is 41.4 Å². The second-order valence-corrected chi connectivity index (χ2v) is 23.9. The van der Waals surface area contributed by atoms with E-state index in [2.05, 4.69) is 21.3 Å². The Balaban J connectivity index is 1.13. The van der Waals surface area contributed by atoms with Gasteiger partial charge in [-0.2, -0.15) is 0 Å². The first-order valence-corrected chi connectivity index (χ1v) is 30.7. The van der Waals surface area contributed by atoms with Crippen LogP contribution >= 0.6 is 0 Å². The number of carboxylic acid groups (broad SMARTS) is 1. The molecular weight excluding hydrogens is 1130 g/mol. The van der Waals surface area contributed by atoms with Crippen molar-refractivity contribution in [2.75, 3.05) is 59.8 Å². The minimum Gasteiger partial charge on any atom is -0.480 e. The average Bonchev–Trinajstić information content (AvgIpc) is 4.48. The van der Waals surface area contributed by atoms with E-state index in [0.717, 1.165) is 10.5 Å². The van der Waals surface area contributed by atoms with E-state index in [1.54, 1.807) is 95.1 Å². The van der Waals surface area contributed by atoms with Crippen LogP contribution in [0.5, 0.6) is 0 Å². The average molecular weight is 1230 g/mol. The van der Waals surface area contributed by atoms with Gasteiger partial charge in [0.05, 0.1) is 43.2 Å². The van der Waals surface area contributed by atoms with Gasteiger partial charge in [-0.05, 0) is 79.5 Å². The van der Waals surface area contributed by atoms with Crippen LogP contribution in [-0.4, -0.2) is 198 Å². The zero-order chi connectivity index (χ0) is 64.9. The number of hydrogen-bond acceptors (Lipinski definition) is 14. The normalized spacial score (nSPS) is 18.4. The first-order valence-electron chi connectivity index (χ1n) is 30.7. The number of anilines is 1. The van der Waals surface area contributed by atoms with E-state index in [-0.39, 0.29) is 68.5 Å². The van der Waals surface area contributed by atoms with Crippen LogP contribution in [0.2, 0.25) is 0 Å². The molecule has 2 saturated heterocycles. The SMILES string of the molecule is CC[C@H](C)[C@@H]([C@@H](CC(=O)N1CCC[C@H]1[C@H](OC)[C@@H](C)C(=O)N[C@@H](Cc1ccccc1)C(=O)O)OC)N(C)C(=O)[C@@H](NC(=O)[C@H](C(C)C)N(C)C(=O)OCc1ccc(NC(=O)[C@@H]2CCCN2C(=O)CNC(=O)CCCCCN2C(=O)C=CC2=O)cc1)C(C)C. The second-order valence-electron chi connectivity index (χ2n) is 23.9. The molecular formula is C64H93N9O15. The lowest BCUT2D eigenvalue weighted by atomic mass is 9.89. The van der Waals surface area contributed by atoms with E-state index >= 15 is 0 Å². The zero-order valence-electron chi connectivity index (χ0n) is 53.0. The maximum absolute atomic E-state index is 14.8. The van der Waals surface area contributed by atoms with Crippen molar-refractivity contribution < 1.29 is 72.1 Å². The van der Waals surface area contributed by atoms with Crippen LogP contribution in [0.1, 0.15) is 124 Å². The van der Waals surface area contributed by atoms with Gasteiger partial charge in [0.25, 0.3) is 11.8 Å². The third-order valence-electron chi connectivity index (χ3n) is 17.1. The smallest absolute Gasteiger partial charge is 0.410 e. The highest BCUT2D eigenvalue weighted by atomic mass is 16.6. The number of ether oxygens (including phenoxy) is 3.